The van der Waals surface area contributed by atoms with Gasteiger partial charge in [0.15, 0.2) is 11.6 Å². The van der Waals surface area contributed by atoms with Crippen LogP contribution in [0.15, 0.2) is 91.3 Å². The van der Waals surface area contributed by atoms with Crippen LogP contribution in [0.3, 0.4) is 0 Å². The first-order valence-electron chi connectivity index (χ1n) is 10.1. The largest absolute Gasteiger partial charge is 0.465 e. The predicted molar refractivity (Wildman–Crippen MR) is 126 cm³/mol. The fourth-order valence-corrected chi connectivity index (χ4v) is 3.34. The normalized spacial score (nSPS) is 10.6. The van der Waals surface area contributed by atoms with Crippen LogP contribution in [0.1, 0.15) is 27.5 Å². The van der Waals surface area contributed by atoms with Gasteiger partial charge in [0.05, 0.1) is 18.7 Å². The molecule has 0 atom stereocenters. The highest BCUT2D eigenvalue weighted by Gasteiger charge is 2.17. The van der Waals surface area contributed by atoms with Gasteiger partial charge in [0.2, 0.25) is 0 Å². The average Bonchev–Trinajstić information content (AvgIpc) is 2.85. The Morgan fingerprint density at radius 2 is 1.41 bits per heavy atom. The Bertz CT molecular complexity index is 1140. The molecule has 3 aromatic carbocycles. The van der Waals surface area contributed by atoms with Crippen molar-refractivity contribution >= 4 is 29.0 Å². The van der Waals surface area contributed by atoms with E-state index in [1.165, 1.54) is 13.4 Å². The molecule has 7 heteroatoms. The number of anilines is 4. The molecule has 0 aliphatic heterocycles. The number of ether oxygens (including phenoxy) is 1. The lowest BCUT2D eigenvalue weighted by Crippen LogP contribution is -2.15. The van der Waals surface area contributed by atoms with Crippen molar-refractivity contribution in [1.82, 2.24) is 9.97 Å². The number of benzene rings is 3. The molecular weight excluding hydrogens is 402 g/mol. The Morgan fingerprint density at radius 3 is 1.97 bits per heavy atom. The second-order valence-electron chi connectivity index (χ2n) is 7.08. The zero-order valence-electron chi connectivity index (χ0n) is 17.5. The predicted octanol–water partition coefficient (Wildman–Crippen LogP) is 4.79. The quantitative estimate of drug-likeness (QED) is 0.366. The number of methoxy groups -OCH3 is 1. The number of hydrogen-bond donors (Lipinski definition) is 3. The number of nitrogens with zero attached hydrogens (tertiary/aromatic N) is 2. The summed E-state index contributed by atoms with van der Waals surface area (Å²) < 4.78 is 4.73. The van der Waals surface area contributed by atoms with Crippen molar-refractivity contribution in [1.29, 1.82) is 0 Å². The van der Waals surface area contributed by atoms with Crippen LogP contribution in [0.25, 0.3) is 0 Å². The molecular formula is C25H23N5O2. The van der Waals surface area contributed by atoms with E-state index in [0.29, 0.717) is 22.9 Å². The highest BCUT2D eigenvalue weighted by molar-refractivity contribution is 5.90. The van der Waals surface area contributed by atoms with Crippen molar-refractivity contribution in [3.05, 3.63) is 108 Å². The van der Waals surface area contributed by atoms with Crippen molar-refractivity contribution in [2.75, 3.05) is 23.5 Å². The molecule has 0 spiro atoms. The zero-order valence-corrected chi connectivity index (χ0v) is 17.5. The summed E-state index contributed by atoms with van der Waals surface area (Å²) in [5.74, 6) is 0.594. The molecule has 0 radical (unpaired) electrons. The number of rotatable bonds is 7. The lowest BCUT2D eigenvalue weighted by Gasteiger charge is -2.22. The Hall–Kier alpha value is -4.39. The van der Waals surface area contributed by atoms with Crippen LogP contribution >= 0.6 is 0 Å². The number of carbonyl (C=O) groups excluding carboxylic acids is 1. The van der Waals surface area contributed by atoms with E-state index in [-0.39, 0.29) is 6.04 Å². The van der Waals surface area contributed by atoms with E-state index in [1.54, 1.807) is 24.3 Å². The van der Waals surface area contributed by atoms with E-state index in [4.69, 9.17) is 10.5 Å². The molecule has 0 saturated heterocycles. The number of nitrogens with one attached hydrogen (secondary N) is 2. The van der Waals surface area contributed by atoms with Gasteiger partial charge in [-0.15, -0.1) is 0 Å². The molecule has 4 rings (SSSR count). The summed E-state index contributed by atoms with van der Waals surface area (Å²) in [6.07, 6.45) is 1.46. The van der Waals surface area contributed by atoms with E-state index in [0.717, 1.165) is 16.8 Å². The van der Waals surface area contributed by atoms with Crippen LogP contribution in [0.4, 0.5) is 23.0 Å². The summed E-state index contributed by atoms with van der Waals surface area (Å²) in [7, 11) is 1.35. The lowest BCUT2D eigenvalue weighted by atomic mass is 9.99. The molecule has 7 nitrogen and oxygen atoms in total. The third-order valence-corrected chi connectivity index (χ3v) is 5.00. The topological polar surface area (TPSA) is 102 Å². The first-order chi connectivity index (χ1) is 15.7. The van der Waals surface area contributed by atoms with Crippen molar-refractivity contribution in [3.63, 3.8) is 0 Å². The van der Waals surface area contributed by atoms with Gasteiger partial charge in [-0.3, -0.25) is 0 Å². The maximum atomic E-state index is 11.6. The summed E-state index contributed by atoms with van der Waals surface area (Å²) in [6, 6.07) is 26.9. The Labute approximate surface area is 186 Å². The molecule has 1 heterocycles. The van der Waals surface area contributed by atoms with Gasteiger partial charge in [-0.1, -0.05) is 60.7 Å². The summed E-state index contributed by atoms with van der Waals surface area (Å²) in [5, 5.41) is 6.64. The van der Waals surface area contributed by atoms with E-state index in [9.17, 15) is 4.79 Å². The number of nitrogen functional groups attached to an aromatic ring is 1. The van der Waals surface area contributed by atoms with Crippen molar-refractivity contribution in [2.24, 2.45) is 0 Å². The van der Waals surface area contributed by atoms with Gasteiger partial charge < -0.3 is 21.1 Å². The van der Waals surface area contributed by atoms with Gasteiger partial charge >= 0.3 is 5.97 Å². The Balaban J connectivity index is 1.60. The molecule has 4 aromatic rings. The summed E-state index contributed by atoms with van der Waals surface area (Å²) >= 11 is 0. The van der Waals surface area contributed by atoms with Crippen molar-refractivity contribution in [3.8, 4) is 0 Å². The summed E-state index contributed by atoms with van der Waals surface area (Å²) in [6.45, 7) is 0. The number of nitrogens with two attached hydrogens (primary N) is 1. The minimum Gasteiger partial charge on any atom is -0.465 e. The fraction of sp³-hybridized carbons (Fsp3) is 0.0800. The van der Waals surface area contributed by atoms with Crippen LogP contribution < -0.4 is 16.4 Å². The number of hydrogen-bond acceptors (Lipinski definition) is 7. The van der Waals surface area contributed by atoms with E-state index in [1.807, 2.05) is 36.4 Å². The van der Waals surface area contributed by atoms with Crippen LogP contribution in [0.5, 0.6) is 0 Å². The SMILES string of the molecule is COC(=O)c1ccc(Nc2ncnc(NC(c3ccccc3)c3ccccc3)c2N)cc1. The van der Waals surface area contributed by atoms with Crippen LogP contribution in [0, 0.1) is 0 Å². The zero-order chi connectivity index (χ0) is 22.3. The third kappa shape index (κ3) is 4.67. The van der Waals surface area contributed by atoms with Crippen LogP contribution in [0.2, 0.25) is 0 Å². The minimum atomic E-state index is -0.391. The van der Waals surface area contributed by atoms with Gasteiger partial charge in [0, 0.05) is 5.69 Å². The van der Waals surface area contributed by atoms with Gasteiger partial charge in [-0.05, 0) is 35.4 Å². The van der Waals surface area contributed by atoms with Crippen LogP contribution in [-0.4, -0.2) is 23.0 Å². The Morgan fingerprint density at radius 1 is 0.844 bits per heavy atom. The second-order valence-corrected chi connectivity index (χ2v) is 7.08. The molecule has 160 valence electrons. The molecule has 1 aromatic heterocycles. The highest BCUT2D eigenvalue weighted by atomic mass is 16.5. The molecule has 32 heavy (non-hydrogen) atoms. The molecule has 4 N–H and O–H groups in total. The molecule has 0 bridgehead atoms. The third-order valence-electron chi connectivity index (χ3n) is 5.00. The van der Waals surface area contributed by atoms with E-state index in [2.05, 4.69) is 44.9 Å². The fourth-order valence-electron chi connectivity index (χ4n) is 3.34. The Kier molecular flexibility index (Phi) is 6.27. The van der Waals surface area contributed by atoms with Gasteiger partial charge in [0.1, 0.15) is 12.0 Å². The molecule has 0 saturated carbocycles. The molecule has 0 fully saturated rings. The maximum Gasteiger partial charge on any atom is 0.337 e. The minimum absolute atomic E-state index is 0.137. The first-order valence-corrected chi connectivity index (χ1v) is 10.1. The average molecular weight is 425 g/mol. The number of esters is 1. The molecule has 0 aliphatic carbocycles. The number of aromatic nitrogens is 2. The molecule has 0 unspecified atom stereocenters. The van der Waals surface area contributed by atoms with Gasteiger partial charge in [-0.25, -0.2) is 14.8 Å². The highest BCUT2D eigenvalue weighted by Crippen LogP contribution is 2.31. The standard InChI is InChI=1S/C25H23N5O2/c1-32-25(31)19-12-14-20(15-13-19)29-23-21(26)24(28-16-27-23)30-22(17-8-4-2-5-9-17)18-10-6-3-7-11-18/h2-16,22H,26H2,1H3,(H2,27,28,29,30). The van der Waals surface area contributed by atoms with E-state index < -0.39 is 5.97 Å². The second kappa shape index (κ2) is 9.61. The van der Waals surface area contributed by atoms with Gasteiger partial charge in [0.25, 0.3) is 0 Å². The van der Waals surface area contributed by atoms with Crippen LogP contribution in [-0.2, 0) is 4.74 Å². The first kappa shape index (κ1) is 20.9. The number of carbonyl (C=O) groups is 1. The monoisotopic (exact) mass is 425 g/mol. The molecule has 0 amide bonds. The van der Waals surface area contributed by atoms with Gasteiger partial charge in [-0.2, -0.15) is 0 Å². The van der Waals surface area contributed by atoms with Crippen molar-refractivity contribution < 1.29 is 9.53 Å². The lowest BCUT2D eigenvalue weighted by molar-refractivity contribution is 0.0601. The summed E-state index contributed by atoms with van der Waals surface area (Å²) in [5.41, 5.74) is 10.2. The maximum absolute atomic E-state index is 11.6. The van der Waals surface area contributed by atoms with E-state index >= 15 is 0 Å². The molecule has 0 aliphatic rings. The summed E-state index contributed by atoms with van der Waals surface area (Å²) in [4.78, 5) is 20.3. The smallest absolute Gasteiger partial charge is 0.337 e. The van der Waals surface area contributed by atoms with Crippen molar-refractivity contribution in [2.45, 2.75) is 6.04 Å².